The van der Waals surface area contributed by atoms with Crippen LogP contribution in [0.2, 0.25) is 10.0 Å². The number of benzene rings is 2. The summed E-state index contributed by atoms with van der Waals surface area (Å²) in [6.45, 7) is 5.10. The molecular formula is C19H23Cl2N3O2S. The van der Waals surface area contributed by atoms with Gasteiger partial charge in [0.05, 0.1) is 17.5 Å². The summed E-state index contributed by atoms with van der Waals surface area (Å²) in [7, 11) is -3.20. The molecule has 0 aliphatic rings. The first-order valence-electron chi connectivity index (χ1n) is 8.49. The van der Waals surface area contributed by atoms with Crippen molar-refractivity contribution in [2.24, 2.45) is 4.99 Å². The molecule has 0 spiro atoms. The van der Waals surface area contributed by atoms with Gasteiger partial charge >= 0.3 is 0 Å². The van der Waals surface area contributed by atoms with E-state index in [4.69, 9.17) is 23.2 Å². The fourth-order valence-corrected chi connectivity index (χ4v) is 3.67. The molecule has 0 aromatic heterocycles. The molecule has 1 atom stereocenters. The van der Waals surface area contributed by atoms with Crippen LogP contribution in [0.1, 0.15) is 31.0 Å². The zero-order chi connectivity index (χ0) is 20.0. The predicted octanol–water partition coefficient (Wildman–Crippen LogP) is 4.21. The normalized spacial score (nSPS) is 13.3. The number of guanidine groups is 1. The average Bonchev–Trinajstić information content (AvgIpc) is 2.59. The fraction of sp³-hybridized carbons (Fsp3) is 0.316. The maximum absolute atomic E-state index is 11.5. The standard InChI is InChI=1S/C19H23Cl2N3O2S/c1-4-22-19(24-13(2)17-10-7-15(20)11-18(17)21)23-12-14-5-8-16(9-6-14)27(3,25)26/h5-11,13H,4,12H2,1-3H3,(H2,22,23,24). The number of halogens is 2. The lowest BCUT2D eigenvalue weighted by molar-refractivity contribution is 0.602. The molecule has 2 N–H and O–H groups in total. The van der Waals surface area contributed by atoms with Crippen LogP contribution in [-0.2, 0) is 16.4 Å². The van der Waals surface area contributed by atoms with Gasteiger partial charge in [0.15, 0.2) is 15.8 Å². The van der Waals surface area contributed by atoms with E-state index in [2.05, 4.69) is 15.6 Å². The van der Waals surface area contributed by atoms with Crippen LogP contribution in [0.15, 0.2) is 52.4 Å². The number of hydrogen-bond acceptors (Lipinski definition) is 3. The summed E-state index contributed by atoms with van der Waals surface area (Å²) < 4.78 is 23.1. The third-order valence-corrected chi connectivity index (χ3v) is 5.59. The summed E-state index contributed by atoms with van der Waals surface area (Å²) in [6, 6.07) is 12.0. The minimum Gasteiger partial charge on any atom is -0.357 e. The number of nitrogens with one attached hydrogen (secondary N) is 2. The van der Waals surface area contributed by atoms with E-state index in [9.17, 15) is 8.42 Å². The lowest BCUT2D eigenvalue weighted by Gasteiger charge is -2.19. The van der Waals surface area contributed by atoms with Crippen LogP contribution in [0, 0.1) is 0 Å². The van der Waals surface area contributed by atoms with Crippen molar-refractivity contribution in [2.45, 2.75) is 31.3 Å². The van der Waals surface area contributed by atoms with Gasteiger partial charge in [0.25, 0.3) is 0 Å². The molecule has 0 radical (unpaired) electrons. The van der Waals surface area contributed by atoms with E-state index in [0.29, 0.717) is 34.0 Å². The van der Waals surface area contributed by atoms with Gasteiger partial charge in [-0.2, -0.15) is 0 Å². The van der Waals surface area contributed by atoms with Gasteiger partial charge in [0, 0.05) is 22.8 Å². The van der Waals surface area contributed by atoms with Crippen molar-refractivity contribution in [2.75, 3.05) is 12.8 Å². The van der Waals surface area contributed by atoms with E-state index < -0.39 is 9.84 Å². The Morgan fingerprint density at radius 3 is 2.37 bits per heavy atom. The van der Waals surface area contributed by atoms with Crippen LogP contribution in [0.4, 0.5) is 0 Å². The third-order valence-electron chi connectivity index (χ3n) is 3.90. The molecule has 2 aromatic rings. The van der Waals surface area contributed by atoms with Crippen molar-refractivity contribution in [3.63, 3.8) is 0 Å². The summed E-state index contributed by atoms with van der Waals surface area (Å²) in [4.78, 5) is 4.86. The molecule has 5 nitrogen and oxygen atoms in total. The first kappa shape index (κ1) is 21.5. The maximum Gasteiger partial charge on any atom is 0.192 e. The van der Waals surface area contributed by atoms with E-state index in [1.54, 1.807) is 36.4 Å². The van der Waals surface area contributed by atoms with Crippen molar-refractivity contribution in [3.05, 3.63) is 63.6 Å². The van der Waals surface area contributed by atoms with Crippen molar-refractivity contribution in [1.82, 2.24) is 10.6 Å². The van der Waals surface area contributed by atoms with Gasteiger partial charge in [-0.05, 0) is 49.2 Å². The van der Waals surface area contributed by atoms with Crippen molar-refractivity contribution < 1.29 is 8.42 Å². The van der Waals surface area contributed by atoms with Crippen molar-refractivity contribution in [3.8, 4) is 0 Å². The number of rotatable bonds is 6. The molecule has 27 heavy (non-hydrogen) atoms. The highest BCUT2D eigenvalue weighted by Gasteiger charge is 2.12. The molecule has 2 rings (SSSR count). The summed E-state index contributed by atoms with van der Waals surface area (Å²) in [5.41, 5.74) is 1.83. The Labute approximate surface area is 170 Å². The highest BCUT2D eigenvalue weighted by molar-refractivity contribution is 7.90. The SMILES string of the molecule is CCNC(=NCc1ccc(S(C)(=O)=O)cc1)NC(C)c1ccc(Cl)cc1Cl. The Morgan fingerprint density at radius 2 is 1.81 bits per heavy atom. The van der Waals surface area contributed by atoms with Crippen LogP contribution in [0.3, 0.4) is 0 Å². The Morgan fingerprint density at radius 1 is 1.15 bits per heavy atom. The van der Waals surface area contributed by atoms with Gasteiger partial charge in [0.1, 0.15) is 0 Å². The molecule has 2 aromatic carbocycles. The number of sulfone groups is 1. The smallest absolute Gasteiger partial charge is 0.192 e. The molecule has 0 amide bonds. The second-order valence-electron chi connectivity index (χ2n) is 6.14. The molecular weight excluding hydrogens is 405 g/mol. The van der Waals surface area contributed by atoms with Gasteiger partial charge in [-0.1, -0.05) is 41.4 Å². The summed E-state index contributed by atoms with van der Waals surface area (Å²) in [6.07, 6.45) is 1.19. The van der Waals surface area contributed by atoms with Gasteiger partial charge in [-0.25, -0.2) is 13.4 Å². The molecule has 1 unspecified atom stereocenters. The number of aliphatic imine (C=N–C) groups is 1. The average molecular weight is 428 g/mol. The Bertz CT molecular complexity index is 913. The molecule has 146 valence electrons. The van der Waals surface area contributed by atoms with E-state index in [0.717, 1.165) is 11.1 Å². The van der Waals surface area contributed by atoms with Gasteiger partial charge in [-0.15, -0.1) is 0 Å². The van der Waals surface area contributed by atoms with Crippen LogP contribution in [-0.4, -0.2) is 27.2 Å². The third kappa shape index (κ3) is 6.41. The number of hydrogen-bond donors (Lipinski definition) is 2. The second kappa shape index (κ2) is 9.44. The van der Waals surface area contributed by atoms with Crippen LogP contribution >= 0.6 is 23.2 Å². The van der Waals surface area contributed by atoms with E-state index >= 15 is 0 Å². The van der Waals surface area contributed by atoms with Crippen molar-refractivity contribution in [1.29, 1.82) is 0 Å². The molecule has 0 saturated carbocycles. The fourth-order valence-electron chi connectivity index (χ4n) is 2.47. The van der Waals surface area contributed by atoms with E-state index in [1.165, 1.54) is 6.26 Å². The highest BCUT2D eigenvalue weighted by Crippen LogP contribution is 2.26. The van der Waals surface area contributed by atoms with Gasteiger partial charge < -0.3 is 10.6 Å². The highest BCUT2D eigenvalue weighted by atomic mass is 35.5. The molecule has 0 aliphatic heterocycles. The van der Waals surface area contributed by atoms with Gasteiger partial charge in [-0.3, -0.25) is 0 Å². The predicted molar refractivity (Wildman–Crippen MR) is 112 cm³/mol. The summed E-state index contributed by atoms with van der Waals surface area (Å²) in [5.74, 6) is 0.642. The first-order valence-corrected chi connectivity index (χ1v) is 11.1. The zero-order valence-electron chi connectivity index (χ0n) is 15.5. The lowest BCUT2D eigenvalue weighted by Crippen LogP contribution is -2.38. The zero-order valence-corrected chi connectivity index (χ0v) is 17.8. The molecule has 8 heteroatoms. The molecule has 0 saturated heterocycles. The second-order valence-corrected chi connectivity index (χ2v) is 9.00. The Kier molecular flexibility index (Phi) is 7.53. The van der Waals surface area contributed by atoms with E-state index in [-0.39, 0.29) is 6.04 Å². The Balaban J connectivity index is 2.11. The Hall–Kier alpha value is -1.76. The quantitative estimate of drug-likeness (QED) is 0.534. The monoisotopic (exact) mass is 427 g/mol. The van der Waals surface area contributed by atoms with Crippen molar-refractivity contribution >= 4 is 39.0 Å². The minimum atomic E-state index is -3.20. The van der Waals surface area contributed by atoms with Crippen LogP contribution in [0.25, 0.3) is 0 Å². The molecule has 0 heterocycles. The molecule has 0 fully saturated rings. The largest absolute Gasteiger partial charge is 0.357 e. The first-order chi connectivity index (χ1) is 12.7. The van der Waals surface area contributed by atoms with Crippen LogP contribution < -0.4 is 10.6 Å². The minimum absolute atomic E-state index is 0.0693. The summed E-state index contributed by atoms with van der Waals surface area (Å²) in [5, 5.41) is 7.69. The number of nitrogens with zero attached hydrogens (tertiary/aromatic N) is 1. The maximum atomic E-state index is 11.5. The lowest BCUT2D eigenvalue weighted by atomic mass is 10.1. The topological polar surface area (TPSA) is 70.6 Å². The van der Waals surface area contributed by atoms with Crippen LogP contribution in [0.5, 0.6) is 0 Å². The van der Waals surface area contributed by atoms with E-state index in [1.807, 2.05) is 19.9 Å². The summed E-state index contributed by atoms with van der Waals surface area (Å²) >= 11 is 12.2. The van der Waals surface area contributed by atoms with Gasteiger partial charge in [0.2, 0.25) is 0 Å². The molecule has 0 bridgehead atoms. The molecule has 0 aliphatic carbocycles.